The van der Waals surface area contributed by atoms with Gasteiger partial charge in [0.2, 0.25) is 5.82 Å². The Morgan fingerprint density at radius 1 is 0.879 bits per heavy atom. The van der Waals surface area contributed by atoms with E-state index in [2.05, 4.69) is 44.3 Å². The molecule has 0 radical (unpaired) electrons. The zero-order valence-electron chi connectivity index (χ0n) is 18.2. The normalized spacial score (nSPS) is 11.0. The molecule has 0 spiro atoms. The molecule has 0 fully saturated rings. The van der Waals surface area contributed by atoms with E-state index in [0.717, 1.165) is 43.3 Å². The first-order valence-electron chi connectivity index (χ1n) is 10.6. The van der Waals surface area contributed by atoms with Crippen LogP contribution in [0.15, 0.2) is 89.4 Å². The molecular weight excluding hydrogens is 476 g/mol. The van der Waals surface area contributed by atoms with Crippen molar-refractivity contribution in [2.75, 3.05) is 5.32 Å². The molecule has 33 heavy (non-hydrogen) atoms. The van der Waals surface area contributed by atoms with Crippen LogP contribution < -0.4 is 5.32 Å². The van der Waals surface area contributed by atoms with Crippen LogP contribution in [-0.2, 0) is 0 Å². The highest BCUT2D eigenvalue weighted by Crippen LogP contribution is 2.27. The van der Waals surface area contributed by atoms with Gasteiger partial charge in [-0.3, -0.25) is 4.79 Å². The van der Waals surface area contributed by atoms with Crippen LogP contribution in [0.5, 0.6) is 0 Å². The van der Waals surface area contributed by atoms with Gasteiger partial charge in [-0.2, -0.15) is 0 Å². The predicted molar refractivity (Wildman–Crippen MR) is 136 cm³/mol. The maximum Gasteiger partial charge on any atom is 0.295 e. The lowest BCUT2D eigenvalue weighted by Gasteiger charge is -2.11. The van der Waals surface area contributed by atoms with Gasteiger partial charge in [-0.25, -0.2) is 9.67 Å². The number of aromatic nitrogens is 3. The van der Waals surface area contributed by atoms with Gasteiger partial charge in [0.15, 0.2) is 5.82 Å². The standard InChI is InChI=1S/C27H21BrN4O/c1-17-7-5-12-24(18(17)2)32-26(20-13-15-21(28)16-14-20)30-25(31-32)27(33)29-23-11-6-9-19-8-3-4-10-22(19)23/h3-16H,1-2H3,(H,29,33). The van der Waals surface area contributed by atoms with Crippen molar-refractivity contribution in [1.29, 1.82) is 0 Å². The zero-order valence-corrected chi connectivity index (χ0v) is 19.8. The van der Waals surface area contributed by atoms with Crippen molar-refractivity contribution in [2.24, 2.45) is 0 Å². The number of carbonyl (C=O) groups is 1. The van der Waals surface area contributed by atoms with Crippen molar-refractivity contribution in [1.82, 2.24) is 14.8 Å². The second-order valence-electron chi connectivity index (χ2n) is 7.88. The van der Waals surface area contributed by atoms with Crippen molar-refractivity contribution < 1.29 is 4.79 Å². The van der Waals surface area contributed by atoms with Gasteiger partial charge in [0.1, 0.15) is 0 Å². The van der Waals surface area contributed by atoms with E-state index >= 15 is 0 Å². The van der Waals surface area contributed by atoms with Crippen LogP contribution in [-0.4, -0.2) is 20.7 Å². The molecule has 6 heteroatoms. The molecule has 0 saturated carbocycles. The van der Waals surface area contributed by atoms with Crippen molar-refractivity contribution in [2.45, 2.75) is 13.8 Å². The largest absolute Gasteiger partial charge is 0.319 e. The van der Waals surface area contributed by atoms with Crippen LogP contribution >= 0.6 is 15.9 Å². The number of fused-ring (bicyclic) bond motifs is 1. The van der Waals surface area contributed by atoms with Crippen LogP contribution in [0.25, 0.3) is 27.8 Å². The fourth-order valence-corrected chi connectivity index (χ4v) is 4.10. The van der Waals surface area contributed by atoms with Crippen molar-refractivity contribution in [3.63, 3.8) is 0 Å². The highest BCUT2D eigenvalue weighted by atomic mass is 79.9. The molecule has 0 aliphatic rings. The summed E-state index contributed by atoms with van der Waals surface area (Å²) in [5.74, 6) is 0.370. The minimum Gasteiger partial charge on any atom is -0.319 e. The summed E-state index contributed by atoms with van der Waals surface area (Å²) in [6.07, 6.45) is 0. The van der Waals surface area contributed by atoms with E-state index < -0.39 is 0 Å². The van der Waals surface area contributed by atoms with Gasteiger partial charge in [-0.15, -0.1) is 5.10 Å². The van der Waals surface area contributed by atoms with Crippen LogP contribution in [0, 0.1) is 13.8 Å². The van der Waals surface area contributed by atoms with E-state index in [1.165, 1.54) is 0 Å². The molecule has 0 aliphatic carbocycles. The summed E-state index contributed by atoms with van der Waals surface area (Å²) in [5.41, 5.74) is 4.72. The highest BCUT2D eigenvalue weighted by molar-refractivity contribution is 9.10. The zero-order chi connectivity index (χ0) is 22.9. The molecule has 5 nitrogen and oxygen atoms in total. The molecular formula is C27H21BrN4O. The Balaban J connectivity index is 1.60. The molecule has 5 rings (SSSR count). The summed E-state index contributed by atoms with van der Waals surface area (Å²) in [5, 5.41) is 9.66. The van der Waals surface area contributed by atoms with E-state index in [9.17, 15) is 4.79 Å². The Morgan fingerprint density at radius 3 is 2.42 bits per heavy atom. The Labute approximate surface area is 200 Å². The molecule has 5 aromatic rings. The fourth-order valence-electron chi connectivity index (χ4n) is 3.84. The molecule has 1 amide bonds. The number of hydrogen-bond acceptors (Lipinski definition) is 3. The van der Waals surface area contributed by atoms with E-state index in [-0.39, 0.29) is 11.7 Å². The number of nitrogens with zero attached hydrogens (tertiary/aromatic N) is 3. The maximum atomic E-state index is 13.2. The second kappa shape index (κ2) is 8.64. The maximum absolute atomic E-state index is 13.2. The summed E-state index contributed by atoms with van der Waals surface area (Å²) < 4.78 is 2.72. The van der Waals surface area contributed by atoms with E-state index in [0.29, 0.717) is 5.82 Å². The number of amides is 1. The number of rotatable bonds is 4. The quantitative estimate of drug-likeness (QED) is 0.300. The van der Waals surface area contributed by atoms with Crippen LogP contribution in [0.4, 0.5) is 5.69 Å². The smallest absolute Gasteiger partial charge is 0.295 e. The molecule has 1 heterocycles. The summed E-state index contributed by atoms with van der Waals surface area (Å²) in [6, 6.07) is 27.6. The van der Waals surface area contributed by atoms with Gasteiger partial charge < -0.3 is 5.32 Å². The number of anilines is 1. The summed E-state index contributed by atoms with van der Waals surface area (Å²) in [4.78, 5) is 17.9. The fraction of sp³-hybridized carbons (Fsp3) is 0.0741. The van der Waals surface area contributed by atoms with Gasteiger partial charge in [0.05, 0.1) is 5.69 Å². The topological polar surface area (TPSA) is 59.8 Å². The molecule has 1 N–H and O–H groups in total. The third kappa shape index (κ3) is 4.05. The van der Waals surface area contributed by atoms with E-state index in [1.54, 1.807) is 4.68 Å². The molecule has 0 saturated heterocycles. The number of hydrogen-bond donors (Lipinski definition) is 1. The Kier molecular flexibility index (Phi) is 5.52. The average Bonchev–Trinajstić information content (AvgIpc) is 3.27. The van der Waals surface area contributed by atoms with Crippen molar-refractivity contribution >= 4 is 38.3 Å². The Morgan fingerprint density at radius 2 is 1.61 bits per heavy atom. The van der Waals surface area contributed by atoms with Crippen molar-refractivity contribution in [3.05, 3.63) is 106 Å². The molecule has 4 aromatic carbocycles. The summed E-state index contributed by atoms with van der Waals surface area (Å²) in [6.45, 7) is 4.11. The first kappa shape index (κ1) is 21.1. The van der Waals surface area contributed by atoms with Gasteiger partial charge >= 0.3 is 0 Å². The Hall–Kier alpha value is -3.77. The van der Waals surface area contributed by atoms with Crippen LogP contribution in [0.3, 0.4) is 0 Å². The Bertz CT molecular complexity index is 1480. The van der Waals surface area contributed by atoms with Gasteiger partial charge in [-0.05, 0) is 54.6 Å². The first-order valence-corrected chi connectivity index (χ1v) is 11.4. The summed E-state index contributed by atoms with van der Waals surface area (Å²) >= 11 is 3.48. The highest BCUT2D eigenvalue weighted by Gasteiger charge is 2.20. The SMILES string of the molecule is Cc1cccc(-n2nc(C(=O)Nc3cccc4ccccc34)nc2-c2ccc(Br)cc2)c1C. The monoisotopic (exact) mass is 496 g/mol. The average molecular weight is 497 g/mol. The third-order valence-corrected chi connectivity index (χ3v) is 6.28. The van der Waals surface area contributed by atoms with Gasteiger partial charge in [0.25, 0.3) is 5.91 Å². The van der Waals surface area contributed by atoms with E-state index in [1.807, 2.05) is 85.8 Å². The van der Waals surface area contributed by atoms with Crippen LogP contribution in [0.2, 0.25) is 0 Å². The number of nitrogens with one attached hydrogen (secondary N) is 1. The predicted octanol–water partition coefficient (Wildman–Crippen LogP) is 6.72. The minimum atomic E-state index is -0.353. The number of carbonyl (C=O) groups excluding carboxylic acids is 1. The molecule has 0 bridgehead atoms. The molecule has 162 valence electrons. The van der Waals surface area contributed by atoms with Crippen molar-refractivity contribution in [3.8, 4) is 17.1 Å². The minimum absolute atomic E-state index is 0.113. The van der Waals surface area contributed by atoms with Gasteiger partial charge in [-0.1, -0.05) is 76.6 Å². The molecule has 1 aromatic heterocycles. The van der Waals surface area contributed by atoms with Crippen LogP contribution in [0.1, 0.15) is 21.7 Å². The number of halogens is 1. The lowest BCUT2D eigenvalue weighted by atomic mass is 10.1. The lowest BCUT2D eigenvalue weighted by molar-refractivity contribution is 0.101. The van der Waals surface area contributed by atoms with Gasteiger partial charge in [0, 0.05) is 21.1 Å². The second-order valence-corrected chi connectivity index (χ2v) is 8.79. The lowest BCUT2D eigenvalue weighted by Crippen LogP contribution is -2.14. The molecule has 0 unspecified atom stereocenters. The number of aryl methyl sites for hydroxylation is 1. The first-order chi connectivity index (χ1) is 16.0. The van der Waals surface area contributed by atoms with E-state index in [4.69, 9.17) is 0 Å². The number of benzene rings is 4. The molecule has 0 aliphatic heterocycles. The third-order valence-electron chi connectivity index (χ3n) is 5.75. The summed E-state index contributed by atoms with van der Waals surface area (Å²) in [7, 11) is 0. The molecule has 0 atom stereocenters.